The summed E-state index contributed by atoms with van der Waals surface area (Å²) in [6, 6.07) is -0.788. The number of ether oxygens (including phenoxy) is 2. The highest BCUT2D eigenvalue weighted by molar-refractivity contribution is 5.78. The zero-order valence-electron chi connectivity index (χ0n) is 13.4. The fourth-order valence-corrected chi connectivity index (χ4v) is 2.36. The van der Waals surface area contributed by atoms with E-state index in [0.29, 0.717) is 31.4 Å². The molecule has 2 unspecified atom stereocenters. The van der Waals surface area contributed by atoms with Crippen molar-refractivity contribution >= 4 is 11.9 Å². The van der Waals surface area contributed by atoms with Crippen LogP contribution in [0, 0.1) is 11.1 Å². The molecule has 1 rings (SSSR count). The zero-order valence-corrected chi connectivity index (χ0v) is 13.4. The summed E-state index contributed by atoms with van der Waals surface area (Å²) < 4.78 is 9.55. The van der Waals surface area contributed by atoms with E-state index >= 15 is 0 Å². The first-order chi connectivity index (χ1) is 10.5. The number of hydrogen-bond donors (Lipinski definition) is 0. The Kier molecular flexibility index (Phi) is 7.13. The molecule has 8 heteroatoms. The Hall–Kier alpha value is -1.80. The molecule has 1 aliphatic heterocycles. The lowest BCUT2D eigenvalue weighted by Gasteiger charge is -2.31. The van der Waals surface area contributed by atoms with Gasteiger partial charge in [0.25, 0.3) is 0 Å². The molecule has 0 amide bonds. The van der Waals surface area contributed by atoms with Crippen LogP contribution in [0.25, 0.3) is 0 Å². The number of rotatable bonds is 8. The van der Waals surface area contributed by atoms with Crippen LogP contribution in [0.5, 0.6) is 0 Å². The Morgan fingerprint density at radius 2 is 1.77 bits per heavy atom. The van der Waals surface area contributed by atoms with Crippen LogP contribution in [-0.2, 0) is 24.0 Å². The van der Waals surface area contributed by atoms with Crippen molar-refractivity contribution in [1.82, 2.24) is 10.3 Å². The summed E-state index contributed by atoms with van der Waals surface area (Å²) in [6.45, 7) is 3.81. The van der Waals surface area contributed by atoms with Gasteiger partial charge < -0.3 is 14.7 Å². The number of esters is 2. The molecule has 0 aliphatic carbocycles. The smallest absolute Gasteiger partial charge is 0.331 e. The normalized spacial score (nSPS) is 17.0. The van der Waals surface area contributed by atoms with Gasteiger partial charge in [-0.2, -0.15) is 4.94 Å². The summed E-state index contributed by atoms with van der Waals surface area (Å²) in [7, 11) is 2.55. The highest BCUT2D eigenvalue weighted by atomic mass is 17.0. The van der Waals surface area contributed by atoms with Crippen LogP contribution in [0.15, 0.2) is 11.9 Å². The lowest BCUT2D eigenvalue weighted by atomic mass is 9.98. The summed E-state index contributed by atoms with van der Waals surface area (Å²) in [5.74, 6) is -1.67. The molecule has 1 aliphatic rings. The predicted molar refractivity (Wildman–Crippen MR) is 77.3 cm³/mol. The van der Waals surface area contributed by atoms with E-state index in [1.54, 1.807) is 0 Å². The van der Waals surface area contributed by atoms with Crippen LogP contribution in [0.2, 0.25) is 0 Å². The van der Waals surface area contributed by atoms with Gasteiger partial charge in [-0.05, 0) is 12.8 Å². The van der Waals surface area contributed by atoms with E-state index in [4.69, 9.17) is 14.4 Å². The molecule has 2 atom stereocenters. The third-order valence-corrected chi connectivity index (χ3v) is 3.40. The number of hydrogen-bond acceptors (Lipinski definition) is 8. The van der Waals surface area contributed by atoms with Gasteiger partial charge in [-0.25, -0.2) is 9.86 Å². The minimum atomic E-state index is -0.788. The maximum atomic E-state index is 12.0. The van der Waals surface area contributed by atoms with Crippen molar-refractivity contribution in [2.75, 3.05) is 14.2 Å². The first-order valence-electron chi connectivity index (χ1n) is 7.31. The monoisotopic (exact) mass is 315 g/mol. The summed E-state index contributed by atoms with van der Waals surface area (Å²) in [5, 5.41) is 13.0. The van der Waals surface area contributed by atoms with E-state index in [9.17, 15) is 14.8 Å². The zero-order chi connectivity index (χ0) is 16.7. The average molecular weight is 315 g/mol. The maximum Gasteiger partial charge on any atom is 0.331 e. The number of carbonyl (C=O) groups excluding carboxylic acids is 2. The number of nitrogens with zero attached hydrogens (tertiary/aromatic N) is 2. The van der Waals surface area contributed by atoms with Gasteiger partial charge in [0.1, 0.15) is 5.92 Å². The number of methoxy groups -OCH3 is 2. The van der Waals surface area contributed by atoms with E-state index in [-0.39, 0.29) is 5.23 Å². The second-order valence-electron chi connectivity index (χ2n) is 4.94. The van der Waals surface area contributed by atoms with E-state index in [2.05, 4.69) is 0 Å². The highest BCUT2D eigenvalue weighted by Gasteiger charge is 2.38. The minimum absolute atomic E-state index is 0.229. The van der Waals surface area contributed by atoms with Gasteiger partial charge in [0.15, 0.2) is 6.04 Å². The second-order valence-corrected chi connectivity index (χ2v) is 4.94. The van der Waals surface area contributed by atoms with E-state index < -0.39 is 23.9 Å². The fourth-order valence-electron chi connectivity index (χ4n) is 2.36. The van der Waals surface area contributed by atoms with E-state index in [0.717, 1.165) is 6.20 Å². The van der Waals surface area contributed by atoms with Crippen molar-refractivity contribution in [3.8, 4) is 0 Å². The Balaban J connectivity index is 3.09. The van der Waals surface area contributed by atoms with Gasteiger partial charge in [-0.1, -0.05) is 26.7 Å². The average Bonchev–Trinajstić information content (AvgIpc) is 2.89. The van der Waals surface area contributed by atoms with Crippen molar-refractivity contribution in [2.24, 2.45) is 5.92 Å². The standard InChI is InChI=1S/C14H23N2O6/c1-5-7-10(13(17)20-3)12-9-15(19)22-16(12)11(8-6-2)14(18)21-4/h9-11H,5-8H2,1-4H3/q-1. The van der Waals surface area contributed by atoms with Crippen LogP contribution in [0.1, 0.15) is 39.5 Å². The molecule has 22 heavy (non-hydrogen) atoms. The molecule has 0 radical (unpaired) electrons. The molecule has 0 spiro atoms. The SMILES string of the molecule is CCCC(C(=O)OC)C1=CN([O-])ON1C(CCC)C(=O)OC. The molecule has 0 bridgehead atoms. The molecule has 0 fully saturated rings. The Morgan fingerprint density at radius 1 is 1.18 bits per heavy atom. The molecule has 0 aromatic carbocycles. The minimum Gasteiger partial charge on any atom is -0.732 e. The third-order valence-electron chi connectivity index (χ3n) is 3.40. The molecule has 0 aromatic heterocycles. The topological polar surface area (TPSA) is 91.4 Å². The molecule has 0 saturated heterocycles. The largest absolute Gasteiger partial charge is 0.732 e. The molecule has 126 valence electrons. The summed E-state index contributed by atoms with van der Waals surface area (Å²) in [6.07, 6.45) is 3.45. The first kappa shape index (κ1) is 18.2. The molecular weight excluding hydrogens is 292 g/mol. The van der Waals surface area contributed by atoms with Crippen molar-refractivity contribution in [1.29, 1.82) is 0 Å². The quantitative estimate of drug-likeness (QED) is 0.625. The van der Waals surface area contributed by atoms with Gasteiger partial charge in [0.05, 0.1) is 19.9 Å². The maximum absolute atomic E-state index is 12.0. The van der Waals surface area contributed by atoms with Gasteiger partial charge in [0, 0.05) is 6.20 Å². The van der Waals surface area contributed by atoms with Crippen LogP contribution < -0.4 is 0 Å². The van der Waals surface area contributed by atoms with Crippen molar-refractivity contribution in [3.63, 3.8) is 0 Å². The molecule has 1 heterocycles. The first-order valence-corrected chi connectivity index (χ1v) is 7.31. The van der Waals surface area contributed by atoms with Gasteiger partial charge >= 0.3 is 11.9 Å². The molecule has 0 aromatic rings. The van der Waals surface area contributed by atoms with Gasteiger partial charge in [0.2, 0.25) is 0 Å². The molecule has 0 saturated carbocycles. The van der Waals surface area contributed by atoms with Crippen molar-refractivity contribution in [2.45, 2.75) is 45.6 Å². The molecular formula is C14H23N2O6-. The molecule has 0 N–H and O–H groups in total. The second kappa shape index (κ2) is 8.60. The predicted octanol–water partition coefficient (Wildman–Crippen LogP) is 1.72. The number of hydroxylamine groups is 4. The van der Waals surface area contributed by atoms with Crippen LogP contribution >= 0.6 is 0 Å². The fraction of sp³-hybridized carbons (Fsp3) is 0.714. The summed E-state index contributed by atoms with van der Waals surface area (Å²) in [4.78, 5) is 29.0. The Bertz CT molecular complexity index is 426. The summed E-state index contributed by atoms with van der Waals surface area (Å²) >= 11 is 0. The van der Waals surface area contributed by atoms with Crippen LogP contribution in [-0.4, -0.2) is 42.5 Å². The summed E-state index contributed by atoms with van der Waals surface area (Å²) in [5.41, 5.74) is 0.313. The van der Waals surface area contributed by atoms with E-state index in [1.165, 1.54) is 19.3 Å². The highest BCUT2D eigenvalue weighted by Crippen LogP contribution is 2.31. The Labute approximate surface area is 130 Å². The van der Waals surface area contributed by atoms with Gasteiger partial charge in [-0.3, -0.25) is 10.0 Å². The van der Waals surface area contributed by atoms with Crippen molar-refractivity contribution < 1.29 is 24.0 Å². The van der Waals surface area contributed by atoms with E-state index in [1.807, 2.05) is 13.8 Å². The van der Waals surface area contributed by atoms with Gasteiger partial charge in [-0.15, -0.1) is 0 Å². The lowest BCUT2D eigenvalue weighted by Crippen LogP contribution is -2.42. The van der Waals surface area contributed by atoms with Crippen LogP contribution in [0.3, 0.4) is 0 Å². The van der Waals surface area contributed by atoms with Crippen molar-refractivity contribution in [3.05, 3.63) is 17.1 Å². The Morgan fingerprint density at radius 3 is 2.27 bits per heavy atom. The third kappa shape index (κ3) is 4.11. The molecule has 8 nitrogen and oxygen atoms in total. The number of carbonyl (C=O) groups is 2. The lowest BCUT2D eigenvalue weighted by molar-refractivity contribution is -0.262. The van der Waals surface area contributed by atoms with Crippen LogP contribution in [0.4, 0.5) is 0 Å².